The van der Waals surface area contributed by atoms with Gasteiger partial charge in [-0.1, -0.05) is 0 Å². The first-order chi connectivity index (χ1) is 13.4. The van der Waals surface area contributed by atoms with Crippen LogP contribution in [0.15, 0.2) is 40.1 Å². The van der Waals surface area contributed by atoms with Crippen molar-refractivity contribution in [2.45, 2.75) is 26.8 Å². The van der Waals surface area contributed by atoms with E-state index >= 15 is 0 Å². The van der Waals surface area contributed by atoms with Gasteiger partial charge in [0.15, 0.2) is 5.13 Å². The predicted molar refractivity (Wildman–Crippen MR) is 108 cm³/mol. The first-order valence-corrected chi connectivity index (χ1v) is 9.41. The van der Waals surface area contributed by atoms with Crippen molar-refractivity contribution in [1.82, 2.24) is 14.5 Å². The van der Waals surface area contributed by atoms with Crippen molar-refractivity contribution in [1.29, 1.82) is 0 Å². The zero-order valence-corrected chi connectivity index (χ0v) is 16.6. The molecule has 2 aromatic heterocycles. The smallest absolute Gasteiger partial charge is 0.328 e. The van der Waals surface area contributed by atoms with Gasteiger partial charge in [-0.2, -0.15) is 0 Å². The second-order valence-electron chi connectivity index (χ2n) is 6.21. The molecule has 0 radical (unpaired) electrons. The van der Waals surface area contributed by atoms with Gasteiger partial charge in [0.25, 0.3) is 5.56 Å². The molecule has 146 valence electrons. The summed E-state index contributed by atoms with van der Waals surface area (Å²) in [7, 11) is 1.63. The van der Waals surface area contributed by atoms with Crippen LogP contribution >= 0.6 is 11.3 Å². The summed E-state index contributed by atoms with van der Waals surface area (Å²) < 4.78 is 6.56. The fourth-order valence-corrected chi connectivity index (χ4v) is 3.62. The van der Waals surface area contributed by atoms with Gasteiger partial charge in [-0.15, -0.1) is 11.3 Å². The van der Waals surface area contributed by atoms with Crippen LogP contribution in [0.3, 0.4) is 0 Å². The van der Waals surface area contributed by atoms with Gasteiger partial charge in [0.2, 0.25) is 5.91 Å². The number of H-pyrrole nitrogens is 1. The van der Waals surface area contributed by atoms with Gasteiger partial charge >= 0.3 is 5.69 Å². The van der Waals surface area contributed by atoms with Crippen molar-refractivity contribution in [3.63, 3.8) is 0 Å². The van der Waals surface area contributed by atoms with E-state index in [4.69, 9.17) is 4.74 Å². The van der Waals surface area contributed by atoms with Crippen molar-refractivity contribution < 1.29 is 9.53 Å². The predicted octanol–water partition coefficient (Wildman–Crippen LogP) is 2.31. The molecule has 0 unspecified atom stereocenters. The lowest BCUT2D eigenvalue weighted by atomic mass is 10.1. The molecule has 0 aliphatic heterocycles. The van der Waals surface area contributed by atoms with Crippen molar-refractivity contribution in [2.75, 3.05) is 12.4 Å². The standard InChI is InChI=1S/C19H20N4O4S/c1-11-10-13(4-5-14(11)27-3)17-12(2)28-18(22-17)20-15(24)6-8-23-9-7-16(25)21-19(23)26/h4-5,7,9-10H,6,8H2,1-3H3,(H,20,22,24)(H,21,25,26). The molecule has 1 aromatic carbocycles. The number of carbonyl (C=O) groups excluding carboxylic acids is 1. The Hall–Kier alpha value is -3.20. The third-order valence-electron chi connectivity index (χ3n) is 4.19. The van der Waals surface area contributed by atoms with E-state index in [0.29, 0.717) is 5.13 Å². The number of aryl methyl sites for hydroxylation is 3. The molecule has 0 aliphatic carbocycles. The van der Waals surface area contributed by atoms with Crippen LogP contribution in [0.5, 0.6) is 5.75 Å². The maximum absolute atomic E-state index is 12.2. The van der Waals surface area contributed by atoms with Gasteiger partial charge in [0, 0.05) is 35.7 Å². The number of aromatic amines is 1. The van der Waals surface area contributed by atoms with Crippen molar-refractivity contribution in [2.24, 2.45) is 0 Å². The molecular formula is C19H20N4O4S. The van der Waals surface area contributed by atoms with Crippen LogP contribution in [-0.4, -0.2) is 27.6 Å². The van der Waals surface area contributed by atoms with Crippen LogP contribution in [0.1, 0.15) is 16.9 Å². The topological polar surface area (TPSA) is 106 Å². The SMILES string of the molecule is COc1ccc(-c2nc(NC(=O)CCn3ccc(=O)[nH]c3=O)sc2C)cc1C. The Bertz CT molecular complexity index is 1130. The van der Waals surface area contributed by atoms with E-state index in [-0.39, 0.29) is 18.9 Å². The third kappa shape index (κ3) is 4.37. The number of amides is 1. The summed E-state index contributed by atoms with van der Waals surface area (Å²) in [4.78, 5) is 42.6. The first kappa shape index (κ1) is 19.6. The van der Waals surface area contributed by atoms with E-state index in [1.165, 1.54) is 28.2 Å². The molecule has 3 aromatic rings. The summed E-state index contributed by atoms with van der Waals surface area (Å²) in [6.45, 7) is 4.07. The number of hydrogen-bond acceptors (Lipinski definition) is 6. The van der Waals surface area contributed by atoms with E-state index in [2.05, 4.69) is 15.3 Å². The minimum atomic E-state index is -0.539. The van der Waals surface area contributed by atoms with Gasteiger partial charge in [-0.05, 0) is 37.6 Å². The molecule has 0 fully saturated rings. The molecule has 28 heavy (non-hydrogen) atoms. The van der Waals surface area contributed by atoms with Crippen LogP contribution < -0.4 is 21.3 Å². The first-order valence-electron chi connectivity index (χ1n) is 8.59. The number of nitrogens with zero attached hydrogens (tertiary/aromatic N) is 2. The highest BCUT2D eigenvalue weighted by atomic mass is 32.1. The molecule has 2 N–H and O–H groups in total. The Labute approximate surface area is 164 Å². The fourth-order valence-electron chi connectivity index (χ4n) is 2.77. The quantitative estimate of drug-likeness (QED) is 0.660. The zero-order valence-electron chi connectivity index (χ0n) is 15.7. The molecule has 3 rings (SSSR count). The Morgan fingerprint density at radius 3 is 2.75 bits per heavy atom. The van der Waals surface area contributed by atoms with E-state index in [1.54, 1.807) is 7.11 Å². The van der Waals surface area contributed by atoms with Crippen LogP contribution in [-0.2, 0) is 11.3 Å². The van der Waals surface area contributed by atoms with Crippen molar-refractivity contribution in [3.05, 3.63) is 61.7 Å². The van der Waals surface area contributed by atoms with Crippen LogP contribution in [0.2, 0.25) is 0 Å². The number of rotatable bonds is 6. The Kier molecular flexibility index (Phi) is 5.74. The number of ether oxygens (including phenoxy) is 1. The number of benzene rings is 1. The number of nitrogens with one attached hydrogen (secondary N) is 2. The van der Waals surface area contributed by atoms with Gasteiger partial charge in [0.05, 0.1) is 12.8 Å². The largest absolute Gasteiger partial charge is 0.496 e. The average Bonchev–Trinajstić information content (AvgIpc) is 3.01. The van der Waals surface area contributed by atoms with Gasteiger partial charge in [-0.25, -0.2) is 9.78 Å². The molecular weight excluding hydrogens is 380 g/mol. The zero-order chi connectivity index (χ0) is 20.3. The van der Waals surface area contributed by atoms with Gasteiger partial charge < -0.3 is 14.6 Å². The molecule has 1 amide bonds. The number of thiazole rings is 1. The summed E-state index contributed by atoms with van der Waals surface area (Å²) in [6.07, 6.45) is 1.45. The normalized spacial score (nSPS) is 10.7. The van der Waals surface area contributed by atoms with Gasteiger partial charge in [0.1, 0.15) is 5.75 Å². The average molecular weight is 400 g/mol. The highest BCUT2D eigenvalue weighted by Gasteiger charge is 2.13. The van der Waals surface area contributed by atoms with Crippen LogP contribution in [0.4, 0.5) is 5.13 Å². The van der Waals surface area contributed by atoms with E-state index in [1.807, 2.05) is 32.0 Å². The van der Waals surface area contributed by atoms with Crippen LogP contribution in [0.25, 0.3) is 11.3 Å². The number of aromatic nitrogens is 3. The monoisotopic (exact) mass is 400 g/mol. The highest BCUT2D eigenvalue weighted by molar-refractivity contribution is 7.16. The van der Waals surface area contributed by atoms with E-state index in [0.717, 1.165) is 27.4 Å². The lowest BCUT2D eigenvalue weighted by Crippen LogP contribution is -2.29. The Balaban J connectivity index is 1.69. The second-order valence-corrected chi connectivity index (χ2v) is 7.41. The lowest BCUT2D eigenvalue weighted by molar-refractivity contribution is -0.116. The number of carbonyl (C=O) groups is 1. The molecule has 2 heterocycles. The summed E-state index contributed by atoms with van der Waals surface area (Å²) in [5, 5.41) is 3.27. The molecule has 0 aliphatic rings. The summed E-state index contributed by atoms with van der Waals surface area (Å²) in [6, 6.07) is 7.06. The summed E-state index contributed by atoms with van der Waals surface area (Å²) >= 11 is 1.39. The maximum Gasteiger partial charge on any atom is 0.328 e. The summed E-state index contributed by atoms with van der Waals surface area (Å²) in [5.41, 5.74) is 1.76. The Morgan fingerprint density at radius 1 is 1.29 bits per heavy atom. The molecule has 0 spiro atoms. The molecule has 0 bridgehead atoms. The molecule has 8 nitrogen and oxygen atoms in total. The van der Waals surface area contributed by atoms with Gasteiger partial charge in [-0.3, -0.25) is 14.6 Å². The van der Waals surface area contributed by atoms with E-state index < -0.39 is 11.2 Å². The number of methoxy groups -OCH3 is 1. The third-order valence-corrected chi connectivity index (χ3v) is 5.07. The second kappa shape index (κ2) is 8.22. The summed E-state index contributed by atoms with van der Waals surface area (Å²) in [5.74, 6) is 0.548. The number of hydrogen-bond donors (Lipinski definition) is 2. The number of anilines is 1. The van der Waals surface area contributed by atoms with Crippen molar-refractivity contribution in [3.8, 4) is 17.0 Å². The molecule has 0 saturated carbocycles. The molecule has 0 atom stereocenters. The highest BCUT2D eigenvalue weighted by Crippen LogP contribution is 2.32. The van der Waals surface area contributed by atoms with E-state index in [9.17, 15) is 14.4 Å². The minimum Gasteiger partial charge on any atom is -0.496 e. The maximum atomic E-state index is 12.2. The van der Waals surface area contributed by atoms with Crippen molar-refractivity contribution >= 4 is 22.4 Å². The fraction of sp³-hybridized carbons (Fsp3) is 0.263. The molecule has 9 heteroatoms. The lowest BCUT2D eigenvalue weighted by Gasteiger charge is -2.06. The molecule has 0 saturated heterocycles. The Morgan fingerprint density at radius 2 is 2.07 bits per heavy atom. The van der Waals surface area contributed by atoms with Crippen LogP contribution in [0, 0.1) is 13.8 Å². The minimum absolute atomic E-state index is 0.0849.